The lowest BCUT2D eigenvalue weighted by atomic mass is 10.1. The molecule has 0 saturated heterocycles. The number of aryl methyl sites for hydroxylation is 1. The van der Waals surface area contributed by atoms with Crippen molar-refractivity contribution in [2.45, 2.75) is 26.8 Å². The summed E-state index contributed by atoms with van der Waals surface area (Å²) in [5, 5.41) is 17.0. The molecule has 0 aliphatic carbocycles. The Labute approximate surface area is 160 Å². The van der Waals surface area contributed by atoms with Crippen LogP contribution in [0.1, 0.15) is 29.3 Å². The van der Waals surface area contributed by atoms with Gasteiger partial charge in [0, 0.05) is 29.7 Å². The van der Waals surface area contributed by atoms with Gasteiger partial charge in [0.2, 0.25) is 0 Å². The first-order valence-electron chi connectivity index (χ1n) is 9.28. The summed E-state index contributed by atoms with van der Waals surface area (Å²) >= 11 is 0. The Morgan fingerprint density at radius 2 is 2.00 bits per heavy atom. The number of aromatic nitrogens is 1. The van der Waals surface area contributed by atoms with Crippen molar-refractivity contribution in [2.75, 3.05) is 13.1 Å². The Morgan fingerprint density at radius 3 is 2.81 bits per heavy atom. The molecule has 0 saturated carbocycles. The number of nitrogens with one attached hydrogen (secondary N) is 3. The average Bonchev–Trinajstić information content (AvgIpc) is 3.01. The zero-order chi connectivity index (χ0) is 19.1. The van der Waals surface area contributed by atoms with E-state index in [0.717, 1.165) is 31.0 Å². The molecule has 27 heavy (non-hydrogen) atoms. The Morgan fingerprint density at radius 1 is 1.15 bits per heavy atom. The van der Waals surface area contributed by atoms with Crippen molar-refractivity contribution in [2.24, 2.45) is 4.99 Å². The molecule has 0 radical (unpaired) electrons. The van der Waals surface area contributed by atoms with Gasteiger partial charge in [-0.3, -0.25) is 0 Å². The highest BCUT2D eigenvalue weighted by molar-refractivity contribution is 5.84. The summed E-state index contributed by atoms with van der Waals surface area (Å²) in [6.07, 6.45) is 0.921. The van der Waals surface area contributed by atoms with Crippen LogP contribution in [-0.2, 0) is 13.0 Å². The number of nitriles is 1. The lowest BCUT2D eigenvalue weighted by molar-refractivity contribution is 0.799. The molecule has 5 nitrogen and oxygen atoms in total. The van der Waals surface area contributed by atoms with Crippen LogP contribution in [0.4, 0.5) is 0 Å². The third-order valence-corrected chi connectivity index (χ3v) is 4.51. The van der Waals surface area contributed by atoms with Gasteiger partial charge in [-0.15, -0.1) is 0 Å². The second-order valence-electron chi connectivity index (χ2n) is 6.46. The Hall–Kier alpha value is -3.26. The quantitative estimate of drug-likeness (QED) is 0.464. The summed E-state index contributed by atoms with van der Waals surface area (Å²) in [6.45, 7) is 6.31. The minimum Gasteiger partial charge on any atom is -0.358 e. The topological polar surface area (TPSA) is 76.0 Å². The second-order valence-corrected chi connectivity index (χ2v) is 6.46. The zero-order valence-corrected chi connectivity index (χ0v) is 15.8. The molecule has 0 aliphatic heterocycles. The Kier molecular flexibility index (Phi) is 6.11. The maximum Gasteiger partial charge on any atom is 0.191 e. The molecule has 0 atom stereocenters. The van der Waals surface area contributed by atoms with E-state index in [4.69, 9.17) is 5.26 Å². The molecule has 1 aromatic heterocycles. The Balaban J connectivity index is 1.64. The summed E-state index contributed by atoms with van der Waals surface area (Å²) in [5.74, 6) is 0.789. The number of H-pyrrole nitrogens is 1. The number of nitrogens with zero attached hydrogens (tertiary/aromatic N) is 2. The van der Waals surface area contributed by atoms with Crippen LogP contribution in [-0.4, -0.2) is 24.0 Å². The van der Waals surface area contributed by atoms with Crippen LogP contribution in [0.2, 0.25) is 0 Å². The van der Waals surface area contributed by atoms with Gasteiger partial charge in [-0.05, 0) is 49.6 Å². The molecule has 0 aliphatic rings. The van der Waals surface area contributed by atoms with Crippen molar-refractivity contribution in [1.82, 2.24) is 15.6 Å². The maximum absolute atomic E-state index is 9.01. The molecule has 0 spiro atoms. The average molecular weight is 359 g/mol. The molecule has 3 aromatic rings. The molecule has 3 N–H and O–H groups in total. The monoisotopic (exact) mass is 359 g/mol. The van der Waals surface area contributed by atoms with Crippen molar-refractivity contribution in [3.63, 3.8) is 0 Å². The van der Waals surface area contributed by atoms with Gasteiger partial charge in [0.15, 0.2) is 5.96 Å². The smallest absolute Gasteiger partial charge is 0.191 e. The number of guanidine groups is 1. The molecule has 0 amide bonds. The van der Waals surface area contributed by atoms with E-state index >= 15 is 0 Å². The van der Waals surface area contributed by atoms with Gasteiger partial charge in [-0.25, -0.2) is 4.99 Å². The van der Waals surface area contributed by atoms with E-state index in [2.05, 4.69) is 64.8 Å². The molecule has 0 bridgehead atoms. The van der Waals surface area contributed by atoms with E-state index in [1.165, 1.54) is 22.2 Å². The number of benzene rings is 2. The number of hydrogen-bond donors (Lipinski definition) is 3. The van der Waals surface area contributed by atoms with E-state index < -0.39 is 0 Å². The predicted octanol–water partition coefficient (Wildman–Crippen LogP) is 3.65. The fraction of sp³-hybridized carbons (Fsp3) is 0.273. The summed E-state index contributed by atoms with van der Waals surface area (Å²) in [4.78, 5) is 8.09. The van der Waals surface area contributed by atoms with Gasteiger partial charge in [-0.1, -0.05) is 30.3 Å². The van der Waals surface area contributed by atoms with E-state index in [-0.39, 0.29) is 0 Å². The first-order chi connectivity index (χ1) is 13.2. The summed E-state index contributed by atoms with van der Waals surface area (Å²) < 4.78 is 0. The standard InChI is InChI=1S/C22H25N5/c1-3-24-22(26-15-18-8-6-7-17(13-18)14-23)25-12-11-19-16(2)27-21-10-5-4-9-20(19)21/h4-10,13,27H,3,11-12,15H2,1-2H3,(H2,24,25,26). The highest BCUT2D eigenvalue weighted by Crippen LogP contribution is 2.21. The first-order valence-corrected chi connectivity index (χ1v) is 9.28. The lowest BCUT2D eigenvalue weighted by Crippen LogP contribution is -2.38. The summed E-state index contributed by atoms with van der Waals surface area (Å²) in [5.41, 5.74) is 5.43. The van der Waals surface area contributed by atoms with Gasteiger partial charge in [-0.2, -0.15) is 5.26 Å². The SMILES string of the molecule is CCNC(=NCc1cccc(C#N)c1)NCCc1c(C)[nH]c2ccccc12. The zero-order valence-electron chi connectivity index (χ0n) is 15.8. The highest BCUT2D eigenvalue weighted by Gasteiger charge is 2.08. The number of fused-ring (bicyclic) bond motifs is 1. The number of para-hydroxylation sites is 1. The molecular formula is C22H25N5. The van der Waals surface area contributed by atoms with E-state index in [1.54, 1.807) is 6.07 Å². The third kappa shape index (κ3) is 4.68. The number of hydrogen-bond acceptors (Lipinski definition) is 2. The summed E-state index contributed by atoms with van der Waals surface area (Å²) in [7, 11) is 0. The van der Waals surface area contributed by atoms with Crippen LogP contribution in [0.25, 0.3) is 10.9 Å². The number of rotatable bonds is 6. The van der Waals surface area contributed by atoms with Gasteiger partial charge in [0.05, 0.1) is 18.2 Å². The molecule has 138 valence electrons. The molecule has 2 aromatic carbocycles. The van der Waals surface area contributed by atoms with Crippen molar-refractivity contribution >= 4 is 16.9 Å². The van der Waals surface area contributed by atoms with Crippen molar-refractivity contribution in [3.05, 3.63) is 70.9 Å². The van der Waals surface area contributed by atoms with E-state index in [0.29, 0.717) is 12.1 Å². The fourth-order valence-electron chi connectivity index (χ4n) is 3.21. The molecule has 5 heteroatoms. The molecular weight excluding hydrogens is 334 g/mol. The minimum atomic E-state index is 0.539. The van der Waals surface area contributed by atoms with Crippen molar-refractivity contribution in [3.8, 4) is 6.07 Å². The van der Waals surface area contributed by atoms with Crippen molar-refractivity contribution in [1.29, 1.82) is 5.26 Å². The maximum atomic E-state index is 9.01. The van der Waals surface area contributed by atoms with Crippen molar-refractivity contribution < 1.29 is 0 Å². The van der Waals surface area contributed by atoms with Gasteiger partial charge in [0.25, 0.3) is 0 Å². The lowest BCUT2D eigenvalue weighted by Gasteiger charge is -2.11. The van der Waals surface area contributed by atoms with Crippen LogP contribution in [0.5, 0.6) is 0 Å². The number of aromatic amines is 1. The van der Waals surface area contributed by atoms with Crippen LogP contribution < -0.4 is 10.6 Å². The highest BCUT2D eigenvalue weighted by atomic mass is 15.2. The number of aliphatic imine (C=N–C) groups is 1. The van der Waals surface area contributed by atoms with Crippen LogP contribution in [0.15, 0.2) is 53.5 Å². The molecule has 3 rings (SSSR count). The summed E-state index contributed by atoms with van der Waals surface area (Å²) in [6, 6.07) is 18.1. The molecule has 0 unspecified atom stereocenters. The second kappa shape index (κ2) is 8.91. The Bertz CT molecular complexity index is 978. The third-order valence-electron chi connectivity index (χ3n) is 4.51. The molecule has 1 heterocycles. The van der Waals surface area contributed by atoms with Gasteiger partial charge in [0.1, 0.15) is 0 Å². The van der Waals surface area contributed by atoms with Crippen LogP contribution >= 0.6 is 0 Å². The molecule has 0 fully saturated rings. The first kappa shape index (κ1) is 18.5. The predicted molar refractivity (Wildman–Crippen MR) is 111 cm³/mol. The minimum absolute atomic E-state index is 0.539. The van der Waals surface area contributed by atoms with E-state index in [1.807, 2.05) is 18.2 Å². The van der Waals surface area contributed by atoms with E-state index in [9.17, 15) is 0 Å². The van der Waals surface area contributed by atoms with Crippen LogP contribution in [0, 0.1) is 18.3 Å². The largest absolute Gasteiger partial charge is 0.358 e. The normalized spacial score (nSPS) is 11.4. The van der Waals surface area contributed by atoms with Gasteiger partial charge < -0.3 is 15.6 Å². The van der Waals surface area contributed by atoms with Gasteiger partial charge >= 0.3 is 0 Å². The fourth-order valence-corrected chi connectivity index (χ4v) is 3.21. The van der Waals surface area contributed by atoms with Crippen LogP contribution in [0.3, 0.4) is 0 Å².